The van der Waals surface area contributed by atoms with Crippen LogP contribution in [0.5, 0.6) is 0 Å². The van der Waals surface area contributed by atoms with Crippen molar-refractivity contribution in [2.45, 2.75) is 10.4 Å². The average molecular weight is 310 g/mol. The molecule has 0 unspecified atom stereocenters. The second kappa shape index (κ2) is 6.91. The van der Waals surface area contributed by atoms with Crippen molar-refractivity contribution in [3.8, 4) is 0 Å². The molecule has 0 saturated carbocycles. The van der Waals surface area contributed by atoms with E-state index in [-0.39, 0.29) is 5.91 Å². The second-order valence-electron chi connectivity index (χ2n) is 4.55. The minimum Gasteiger partial charge on any atom is -0.325 e. The molecule has 22 heavy (non-hydrogen) atoms. The highest BCUT2D eigenvalue weighted by molar-refractivity contribution is 8.00. The summed E-state index contributed by atoms with van der Waals surface area (Å²) in [7, 11) is 0. The number of carbonyl (C=O) groups is 1. The summed E-state index contributed by atoms with van der Waals surface area (Å²) in [6.45, 7) is 0. The molecule has 6 heteroatoms. The van der Waals surface area contributed by atoms with E-state index < -0.39 is 5.25 Å². The highest BCUT2D eigenvalue weighted by Gasteiger charge is 2.23. The van der Waals surface area contributed by atoms with E-state index in [0.29, 0.717) is 5.16 Å². The van der Waals surface area contributed by atoms with Gasteiger partial charge >= 0.3 is 0 Å². The normalized spacial score (nSPS) is 11.8. The number of hydrogen-bond donors (Lipinski definition) is 2. The van der Waals surface area contributed by atoms with E-state index in [2.05, 4.69) is 20.5 Å². The summed E-state index contributed by atoms with van der Waals surface area (Å²) in [5.41, 5.74) is 1.68. The van der Waals surface area contributed by atoms with Crippen LogP contribution < -0.4 is 5.32 Å². The minimum absolute atomic E-state index is 0.0983. The molecule has 110 valence electrons. The van der Waals surface area contributed by atoms with Gasteiger partial charge in [0.25, 0.3) is 0 Å². The van der Waals surface area contributed by atoms with Gasteiger partial charge in [0.15, 0.2) is 5.16 Å². The first kappa shape index (κ1) is 14.3. The number of carbonyl (C=O) groups excluding carboxylic acids is 1. The number of nitrogens with one attached hydrogen (secondary N) is 2. The molecule has 0 saturated heterocycles. The van der Waals surface area contributed by atoms with Gasteiger partial charge in [0, 0.05) is 5.69 Å². The fraction of sp³-hybridized carbons (Fsp3) is 0.0625. The third kappa shape index (κ3) is 3.53. The lowest BCUT2D eigenvalue weighted by molar-refractivity contribution is -0.115. The van der Waals surface area contributed by atoms with Gasteiger partial charge in [-0.2, -0.15) is 5.10 Å². The Bertz CT molecular complexity index is 716. The molecule has 3 aromatic rings. The topological polar surface area (TPSA) is 70.7 Å². The molecule has 0 spiro atoms. The number of benzene rings is 2. The van der Waals surface area contributed by atoms with Crippen molar-refractivity contribution >= 4 is 23.4 Å². The van der Waals surface area contributed by atoms with Gasteiger partial charge in [-0.15, -0.1) is 0 Å². The first-order valence-electron chi connectivity index (χ1n) is 6.76. The third-order valence-electron chi connectivity index (χ3n) is 3.00. The van der Waals surface area contributed by atoms with Crippen molar-refractivity contribution in [1.82, 2.24) is 15.2 Å². The van der Waals surface area contributed by atoms with Crippen LogP contribution in [0.2, 0.25) is 0 Å². The number of hydrogen-bond acceptors (Lipinski definition) is 4. The zero-order chi connectivity index (χ0) is 15.2. The summed E-state index contributed by atoms with van der Waals surface area (Å²) in [4.78, 5) is 16.7. The van der Waals surface area contributed by atoms with Crippen molar-refractivity contribution in [3.63, 3.8) is 0 Å². The van der Waals surface area contributed by atoms with Crippen LogP contribution in [0.25, 0.3) is 0 Å². The Labute approximate surface area is 132 Å². The van der Waals surface area contributed by atoms with Crippen molar-refractivity contribution in [3.05, 3.63) is 72.6 Å². The average Bonchev–Trinajstić information content (AvgIpc) is 3.07. The maximum absolute atomic E-state index is 12.6. The van der Waals surface area contributed by atoms with Crippen LogP contribution in [0.4, 0.5) is 5.69 Å². The number of anilines is 1. The van der Waals surface area contributed by atoms with E-state index >= 15 is 0 Å². The van der Waals surface area contributed by atoms with Gasteiger partial charge in [0.05, 0.1) is 0 Å². The summed E-state index contributed by atoms with van der Waals surface area (Å²) in [5, 5.41) is 9.73. The van der Waals surface area contributed by atoms with Gasteiger partial charge in [-0.25, -0.2) is 4.98 Å². The standard InChI is InChI=1S/C16H14N4OS/c21-15(19-13-9-5-2-6-10-13)14(12-7-3-1-4-8-12)22-16-17-11-18-20-16/h1-11,14H,(H,19,21)(H,17,18,20)/t14-/m1/s1. The molecule has 1 atom stereocenters. The van der Waals surface area contributed by atoms with Gasteiger partial charge in [-0.3, -0.25) is 9.89 Å². The molecule has 0 aliphatic heterocycles. The Kier molecular flexibility index (Phi) is 4.50. The minimum atomic E-state index is -0.408. The zero-order valence-corrected chi connectivity index (χ0v) is 12.5. The molecular weight excluding hydrogens is 296 g/mol. The molecule has 1 aromatic heterocycles. The van der Waals surface area contributed by atoms with Crippen LogP contribution in [0.3, 0.4) is 0 Å². The molecule has 1 amide bonds. The molecule has 0 fully saturated rings. The Morgan fingerprint density at radius 1 is 1.05 bits per heavy atom. The van der Waals surface area contributed by atoms with Crippen molar-refractivity contribution < 1.29 is 4.79 Å². The Morgan fingerprint density at radius 3 is 2.36 bits per heavy atom. The van der Waals surface area contributed by atoms with Crippen molar-refractivity contribution in [2.75, 3.05) is 5.32 Å². The summed E-state index contributed by atoms with van der Waals surface area (Å²) < 4.78 is 0. The number of amides is 1. The highest BCUT2D eigenvalue weighted by atomic mass is 32.2. The maximum Gasteiger partial charge on any atom is 0.242 e. The van der Waals surface area contributed by atoms with Crippen molar-refractivity contribution in [2.24, 2.45) is 0 Å². The predicted octanol–water partition coefficient (Wildman–Crippen LogP) is 3.28. The molecule has 1 heterocycles. The smallest absolute Gasteiger partial charge is 0.242 e. The quantitative estimate of drug-likeness (QED) is 0.710. The number of rotatable bonds is 5. The number of aromatic amines is 1. The first-order chi connectivity index (χ1) is 10.8. The van der Waals surface area contributed by atoms with Crippen LogP contribution in [-0.2, 0) is 4.79 Å². The third-order valence-corrected chi connectivity index (χ3v) is 4.15. The van der Waals surface area contributed by atoms with Crippen LogP contribution in [0.15, 0.2) is 72.1 Å². The number of nitrogens with zero attached hydrogens (tertiary/aromatic N) is 2. The predicted molar refractivity (Wildman–Crippen MR) is 86.5 cm³/mol. The second-order valence-corrected chi connectivity index (χ2v) is 5.65. The van der Waals surface area contributed by atoms with Gasteiger partial charge in [0.2, 0.25) is 5.91 Å². The van der Waals surface area contributed by atoms with E-state index in [1.54, 1.807) is 0 Å². The molecule has 0 aliphatic rings. The lowest BCUT2D eigenvalue weighted by Crippen LogP contribution is -2.19. The molecule has 3 rings (SSSR count). The van der Waals surface area contributed by atoms with Gasteiger partial charge < -0.3 is 5.32 Å². The van der Waals surface area contributed by atoms with Crippen LogP contribution in [0.1, 0.15) is 10.8 Å². The molecule has 2 aromatic carbocycles. The molecule has 0 radical (unpaired) electrons. The van der Waals surface area contributed by atoms with Crippen LogP contribution in [0, 0.1) is 0 Å². The van der Waals surface area contributed by atoms with Crippen LogP contribution >= 0.6 is 11.8 Å². The zero-order valence-electron chi connectivity index (χ0n) is 11.6. The Morgan fingerprint density at radius 2 is 1.73 bits per heavy atom. The van der Waals surface area contributed by atoms with E-state index in [1.165, 1.54) is 18.1 Å². The number of H-pyrrole nitrogens is 1. The SMILES string of the molecule is O=C(Nc1ccccc1)[C@H](Sc1ncn[nH]1)c1ccccc1. The van der Waals surface area contributed by atoms with E-state index in [1.807, 2.05) is 60.7 Å². The van der Waals surface area contributed by atoms with E-state index in [4.69, 9.17) is 0 Å². The number of para-hydroxylation sites is 1. The molecule has 5 nitrogen and oxygen atoms in total. The first-order valence-corrected chi connectivity index (χ1v) is 7.64. The highest BCUT2D eigenvalue weighted by Crippen LogP contribution is 2.34. The Balaban J connectivity index is 1.83. The molecule has 0 aliphatic carbocycles. The van der Waals surface area contributed by atoms with Gasteiger partial charge in [0.1, 0.15) is 11.6 Å². The summed E-state index contributed by atoms with van der Waals surface area (Å²) in [6.07, 6.45) is 1.43. The molecule has 0 bridgehead atoms. The van der Waals surface area contributed by atoms with Gasteiger partial charge in [-0.05, 0) is 17.7 Å². The monoisotopic (exact) mass is 310 g/mol. The molecular formula is C16H14N4OS. The van der Waals surface area contributed by atoms with Crippen molar-refractivity contribution in [1.29, 1.82) is 0 Å². The van der Waals surface area contributed by atoms with Gasteiger partial charge in [-0.1, -0.05) is 60.3 Å². The van der Waals surface area contributed by atoms with E-state index in [9.17, 15) is 4.79 Å². The van der Waals surface area contributed by atoms with Crippen LogP contribution in [-0.4, -0.2) is 21.1 Å². The lowest BCUT2D eigenvalue weighted by atomic mass is 10.1. The Hall–Kier alpha value is -2.60. The summed E-state index contributed by atoms with van der Waals surface area (Å²) in [6, 6.07) is 19.0. The largest absolute Gasteiger partial charge is 0.325 e. The number of aromatic nitrogens is 3. The fourth-order valence-electron chi connectivity index (χ4n) is 1.99. The molecule has 2 N–H and O–H groups in total. The van der Waals surface area contributed by atoms with E-state index in [0.717, 1.165) is 11.3 Å². The fourth-order valence-corrected chi connectivity index (χ4v) is 2.89. The number of thioether (sulfide) groups is 1. The maximum atomic E-state index is 12.6. The lowest BCUT2D eigenvalue weighted by Gasteiger charge is -2.15. The summed E-state index contributed by atoms with van der Waals surface area (Å²) in [5.74, 6) is -0.0983. The summed E-state index contributed by atoms with van der Waals surface area (Å²) >= 11 is 1.33.